The van der Waals surface area contributed by atoms with Crippen molar-refractivity contribution in [2.24, 2.45) is 0 Å². The van der Waals surface area contributed by atoms with Crippen LogP contribution in [0.1, 0.15) is 27.0 Å². The summed E-state index contributed by atoms with van der Waals surface area (Å²) in [5.74, 6) is -0.108. The number of hydrogen-bond acceptors (Lipinski definition) is 3. The van der Waals surface area contributed by atoms with E-state index in [1.165, 1.54) is 4.90 Å². The third-order valence-electron chi connectivity index (χ3n) is 4.51. The number of benzene rings is 2. The smallest absolute Gasteiger partial charge is 0.319 e. The zero-order valence-corrected chi connectivity index (χ0v) is 16.8. The Morgan fingerprint density at radius 1 is 1.10 bits per heavy atom. The van der Waals surface area contributed by atoms with Crippen molar-refractivity contribution < 1.29 is 9.59 Å². The van der Waals surface area contributed by atoms with Crippen LogP contribution in [0.3, 0.4) is 0 Å². The number of aromatic nitrogens is 2. The Hall–Kier alpha value is -3.61. The maximum Gasteiger partial charge on any atom is 0.319 e. The molecule has 2 aromatic carbocycles. The molecule has 3 amide bonds. The van der Waals surface area contributed by atoms with Crippen LogP contribution in [0.4, 0.5) is 10.5 Å². The van der Waals surface area contributed by atoms with E-state index in [0.717, 1.165) is 23.2 Å². The molecule has 0 aliphatic carbocycles. The minimum atomic E-state index is -0.317. The van der Waals surface area contributed by atoms with Gasteiger partial charge in [0.05, 0.1) is 6.33 Å². The lowest BCUT2D eigenvalue weighted by Crippen LogP contribution is -2.29. The standard InChI is InChI=1S/C22H25N5O2/c1-16-7-8-19(21(28)26(2)3)12-20(16)25-22(29)24-13-17-5-4-6-18(11-17)14-27-10-9-23-15-27/h4-12,15H,13-14H2,1-3H3,(H2,24,25,29). The van der Waals surface area contributed by atoms with Crippen LogP contribution in [0.5, 0.6) is 0 Å². The number of nitrogens with zero attached hydrogens (tertiary/aromatic N) is 3. The maximum absolute atomic E-state index is 12.4. The first kappa shape index (κ1) is 20.1. The molecule has 0 bridgehead atoms. The highest BCUT2D eigenvalue weighted by atomic mass is 16.2. The Morgan fingerprint density at radius 2 is 1.90 bits per heavy atom. The van der Waals surface area contributed by atoms with Crippen molar-refractivity contribution in [2.75, 3.05) is 19.4 Å². The SMILES string of the molecule is Cc1ccc(C(=O)N(C)C)cc1NC(=O)NCc1cccc(Cn2ccnc2)c1. The minimum absolute atomic E-state index is 0.108. The molecule has 29 heavy (non-hydrogen) atoms. The van der Waals surface area contributed by atoms with E-state index in [0.29, 0.717) is 17.8 Å². The maximum atomic E-state index is 12.4. The lowest BCUT2D eigenvalue weighted by Gasteiger charge is -2.14. The van der Waals surface area contributed by atoms with Crippen LogP contribution in [0.25, 0.3) is 0 Å². The van der Waals surface area contributed by atoms with E-state index in [2.05, 4.69) is 21.7 Å². The number of carbonyl (C=O) groups is 2. The van der Waals surface area contributed by atoms with Crippen molar-refractivity contribution in [3.8, 4) is 0 Å². The van der Waals surface area contributed by atoms with Gasteiger partial charge in [0.2, 0.25) is 0 Å². The van der Waals surface area contributed by atoms with Gasteiger partial charge in [-0.15, -0.1) is 0 Å². The van der Waals surface area contributed by atoms with Crippen LogP contribution in [0.2, 0.25) is 0 Å². The molecule has 3 rings (SSSR count). The van der Waals surface area contributed by atoms with Crippen LogP contribution in [-0.2, 0) is 13.1 Å². The highest BCUT2D eigenvalue weighted by molar-refractivity contribution is 5.97. The van der Waals surface area contributed by atoms with Gasteiger partial charge in [-0.2, -0.15) is 0 Å². The molecule has 2 N–H and O–H groups in total. The predicted molar refractivity (Wildman–Crippen MR) is 113 cm³/mol. The highest BCUT2D eigenvalue weighted by Gasteiger charge is 2.11. The molecule has 7 heteroatoms. The van der Waals surface area contributed by atoms with Gasteiger partial charge in [0.15, 0.2) is 0 Å². The largest absolute Gasteiger partial charge is 0.345 e. The number of imidazole rings is 1. The number of carbonyl (C=O) groups excluding carboxylic acids is 2. The zero-order valence-electron chi connectivity index (χ0n) is 16.8. The van der Waals surface area contributed by atoms with E-state index in [-0.39, 0.29) is 11.9 Å². The molecule has 0 fully saturated rings. The van der Waals surface area contributed by atoms with Gasteiger partial charge < -0.3 is 20.1 Å². The molecule has 0 spiro atoms. The molecule has 0 aliphatic heterocycles. The summed E-state index contributed by atoms with van der Waals surface area (Å²) in [7, 11) is 3.39. The van der Waals surface area contributed by atoms with Crippen molar-refractivity contribution in [3.63, 3.8) is 0 Å². The second-order valence-corrected chi connectivity index (χ2v) is 7.09. The van der Waals surface area contributed by atoms with E-state index in [9.17, 15) is 9.59 Å². The predicted octanol–water partition coefficient (Wildman–Crippen LogP) is 3.26. The Bertz CT molecular complexity index is 996. The summed E-state index contributed by atoms with van der Waals surface area (Å²) < 4.78 is 1.99. The molecule has 0 atom stereocenters. The summed E-state index contributed by atoms with van der Waals surface area (Å²) in [6, 6.07) is 13.0. The first-order valence-corrected chi connectivity index (χ1v) is 9.33. The molecule has 3 aromatic rings. The lowest BCUT2D eigenvalue weighted by molar-refractivity contribution is 0.0827. The van der Waals surface area contributed by atoms with Crippen LogP contribution >= 0.6 is 0 Å². The molecular weight excluding hydrogens is 366 g/mol. The van der Waals surface area contributed by atoms with Gasteiger partial charge in [0, 0.05) is 50.8 Å². The van der Waals surface area contributed by atoms with Crippen molar-refractivity contribution >= 4 is 17.6 Å². The fraction of sp³-hybridized carbons (Fsp3) is 0.227. The summed E-state index contributed by atoms with van der Waals surface area (Å²) in [6.07, 6.45) is 5.44. The van der Waals surface area contributed by atoms with Crippen molar-refractivity contribution in [1.29, 1.82) is 0 Å². The first-order chi connectivity index (χ1) is 13.9. The van der Waals surface area contributed by atoms with Gasteiger partial charge >= 0.3 is 6.03 Å². The second-order valence-electron chi connectivity index (χ2n) is 7.09. The Morgan fingerprint density at radius 3 is 2.62 bits per heavy atom. The van der Waals surface area contributed by atoms with Crippen molar-refractivity contribution in [2.45, 2.75) is 20.0 Å². The van der Waals surface area contributed by atoms with E-state index in [1.807, 2.05) is 42.0 Å². The van der Waals surface area contributed by atoms with Crippen molar-refractivity contribution in [3.05, 3.63) is 83.4 Å². The van der Waals surface area contributed by atoms with E-state index in [4.69, 9.17) is 0 Å². The molecule has 0 saturated carbocycles. The van der Waals surface area contributed by atoms with Crippen LogP contribution < -0.4 is 10.6 Å². The molecule has 0 radical (unpaired) electrons. The van der Waals surface area contributed by atoms with E-state index >= 15 is 0 Å². The zero-order chi connectivity index (χ0) is 20.8. The summed E-state index contributed by atoms with van der Waals surface area (Å²) >= 11 is 0. The third kappa shape index (κ3) is 5.44. The molecule has 1 aromatic heterocycles. The molecule has 0 saturated heterocycles. The number of rotatable bonds is 6. The van der Waals surface area contributed by atoms with E-state index in [1.54, 1.807) is 38.8 Å². The molecule has 0 unspecified atom stereocenters. The minimum Gasteiger partial charge on any atom is -0.345 e. The molecular formula is C22H25N5O2. The number of hydrogen-bond donors (Lipinski definition) is 2. The fourth-order valence-corrected chi connectivity index (χ4v) is 2.93. The van der Waals surface area contributed by atoms with Gasteiger partial charge in [-0.3, -0.25) is 4.79 Å². The first-order valence-electron chi connectivity index (χ1n) is 9.33. The summed E-state index contributed by atoms with van der Waals surface area (Å²) in [6.45, 7) is 3.02. The summed E-state index contributed by atoms with van der Waals surface area (Å²) in [4.78, 5) is 30.1. The number of urea groups is 1. The molecule has 0 aliphatic rings. The molecule has 1 heterocycles. The topological polar surface area (TPSA) is 79.3 Å². The summed E-state index contributed by atoms with van der Waals surface area (Å²) in [5, 5.41) is 5.70. The summed E-state index contributed by atoms with van der Waals surface area (Å²) in [5.41, 5.74) is 4.17. The monoisotopic (exact) mass is 391 g/mol. The van der Waals surface area contributed by atoms with Crippen molar-refractivity contribution in [1.82, 2.24) is 19.8 Å². The average Bonchev–Trinajstić information content (AvgIpc) is 3.21. The van der Waals surface area contributed by atoms with Crippen LogP contribution in [-0.4, -0.2) is 40.5 Å². The number of aryl methyl sites for hydroxylation is 1. The van der Waals surface area contributed by atoms with Gasteiger partial charge in [-0.1, -0.05) is 30.3 Å². The van der Waals surface area contributed by atoms with Gasteiger partial charge in [-0.05, 0) is 35.7 Å². The fourth-order valence-electron chi connectivity index (χ4n) is 2.93. The number of nitrogens with one attached hydrogen (secondary N) is 2. The van der Waals surface area contributed by atoms with Gasteiger partial charge in [-0.25, -0.2) is 9.78 Å². The van der Waals surface area contributed by atoms with Gasteiger partial charge in [0.1, 0.15) is 0 Å². The Labute approximate surface area is 170 Å². The van der Waals surface area contributed by atoms with E-state index < -0.39 is 0 Å². The Balaban J connectivity index is 1.60. The number of amides is 3. The average molecular weight is 391 g/mol. The molecule has 150 valence electrons. The quantitative estimate of drug-likeness (QED) is 0.677. The van der Waals surface area contributed by atoms with Gasteiger partial charge in [0.25, 0.3) is 5.91 Å². The Kier molecular flexibility index (Phi) is 6.29. The lowest BCUT2D eigenvalue weighted by atomic mass is 10.1. The molecule has 7 nitrogen and oxygen atoms in total. The third-order valence-corrected chi connectivity index (χ3v) is 4.51. The normalized spacial score (nSPS) is 10.4. The second kappa shape index (κ2) is 9.05. The van der Waals surface area contributed by atoms with Crippen LogP contribution in [0.15, 0.2) is 61.2 Å². The van der Waals surface area contributed by atoms with Crippen LogP contribution in [0, 0.1) is 6.92 Å². The highest BCUT2D eigenvalue weighted by Crippen LogP contribution is 2.18. The number of anilines is 1.